The van der Waals surface area contributed by atoms with E-state index in [1.54, 1.807) is 12.4 Å². The molecule has 5 rings (SSSR count). The number of ether oxygens (including phenoxy) is 1. The summed E-state index contributed by atoms with van der Waals surface area (Å²) in [5.74, 6) is 2.31. The molecule has 3 aliphatic rings. The first-order chi connectivity index (χ1) is 12.4. The molecular formula is C18H24N6O. The van der Waals surface area contributed by atoms with Crippen molar-refractivity contribution in [3.8, 4) is 0 Å². The smallest absolute Gasteiger partial charge is 0.225 e. The molecule has 1 atom stereocenters. The fourth-order valence-electron chi connectivity index (χ4n) is 3.56. The van der Waals surface area contributed by atoms with E-state index in [0.29, 0.717) is 6.61 Å². The Kier molecular flexibility index (Phi) is 3.88. The van der Waals surface area contributed by atoms with Crippen molar-refractivity contribution in [2.75, 3.05) is 24.7 Å². The van der Waals surface area contributed by atoms with Crippen LogP contribution in [0.1, 0.15) is 43.1 Å². The van der Waals surface area contributed by atoms with Crippen molar-refractivity contribution in [1.82, 2.24) is 25.0 Å². The predicted molar refractivity (Wildman–Crippen MR) is 92.1 cm³/mol. The van der Waals surface area contributed by atoms with E-state index in [2.05, 4.69) is 29.9 Å². The molecule has 2 saturated carbocycles. The molecule has 2 aliphatic carbocycles. The minimum atomic E-state index is 0.0536. The highest BCUT2D eigenvalue weighted by atomic mass is 16.5. The molecule has 0 N–H and O–H groups in total. The van der Waals surface area contributed by atoms with E-state index >= 15 is 0 Å². The van der Waals surface area contributed by atoms with Crippen molar-refractivity contribution in [3.63, 3.8) is 0 Å². The van der Waals surface area contributed by atoms with Crippen molar-refractivity contribution < 1.29 is 4.74 Å². The van der Waals surface area contributed by atoms with Gasteiger partial charge in [-0.3, -0.25) is 0 Å². The Balaban J connectivity index is 1.40. The molecule has 0 saturated heterocycles. The zero-order valence-corrected chi connectivity index (χ0v) is 14.4. The van der Waals surface area contributed by atoms with Gasteiger partial charge in [-0.2, -0.15) is 0 Å². The summed E-state index contributed by atoms with van der Waals surface area (Å²) >= 11 is 0. The van der Waals surface area contributed by atoms with Gasteiger partial charge in [0.25, 0.3) is 0 Å². The highest BCUT2D eigenvalue weighted by molar-refractivity contribution is 5.38. The van der Waals surface area contributed by atoms with Crippen molar-refractivity contribution in [1.29, 1.82) is 0 Å². The summed E-state index contributed by atoms with van der Waals surface area (Å²) < 4.78 is 8.16. The van der Waals surface area contributed by atoms with Gasteiger partial charge in [0.05, 0.1) is 12.3 Å². The van der Waals surface area contributed by atoms with Crippen LogP contribution < -0.4 is 4.90 Å². The molecule has 7 nitrogen and oxygen atoms in total. The van der Waals surface area contributed by atoms with E-state index < -0.39 is 0 Å². The lowest BCUT2D eigenvalue weighted by Gasteiger charge is -2.34. The molecule has 2 aromatic heterocycles. The highest BCUT2D eigenvalue weighted by Crippen LogP contribution is 2.35. The third-order valence-electron chi connectivity index (χ3n) is 5.41. The molecule has 2 fully saturated rings. The summed E-state index contributed by atoms with van der Waals surface area (Å²) in [7, 11) is 0. The fraction of sp³-hybridized carbons (Fsp3) is 0.667. The predicted octanol–water partition coefficient (Wildman–Crippen LogP) is 2.01. The molecule has 3 heterocycles. The quantitative estimate of drug-likeness (QED) is 0.768. The van der Waals surface area contributed by atoms with Crippen LogP contribution in [0.15, 0.2) is 18.5 Å². The summed E-state index contributed by atoms with van der Waals surface area (Å²) in [5.41, 5.74) is 2.33. The van der Waals surface area contributed by atoms with Gasteiger partial charge in [0, 0.05) is 38.5 Å². The molecule has 1 unspecified atom stereocenters. The first kappa shape index (κ1) is 15.3. The van der Waals surface area contributed by atoms with Crippen LogP contribution in [0.2, 0.25) is 0 Å². The molecule has 2 aromatic rings. The lowest BCUT2D eigenvalue weighted by Crippen LogP contribution is -2.39. The summed E-state index contributed by atoms with van der Waals surface area (Å²) in [6, 6.07) is 1.90. The van der Waals surface area contributed by atoms with Gasteiger partial charge < -0.3 is 9.64 Å². The van der Waals surface area contributed by atoms with E-state index in [4.69, 9.17) is 4.74 Å². The average molecular weight is 340 g/mol. The van der Waals surface area contributed by atoms with E-state index in [1.807, 2.05) is 6.07 Å². The minimum Gasteiger partial charge on any atom is -0.379 e. The molecule has 0 radical (unpaired) electrons. The van der Waals surface area contributed by atoms with Crippen LogP contribution in [-0.4, -0.2) is 44.7 Å². The van der Waals surface area contributed by atoms with Crippen LogP contribution in [0.25, 0.3) is 0 Å². The van der Waals surface area contributed by atoms with Crippen LogP contribution >= 0.6 is 0 Å². The van der Waals surface area contributed by atoms with Gasteiger partial charge in [-0.1, -0.05) is 5.21 Å². The maximum absolute atomic E-state index is 6.03. The zero-order chi connectivity index (χ0) is 16.6. The molecule has 1 aliphatic heterocycles. The van der Waals surface area contributed by atoms with E-state index in [1.165, 1.54) is 31.4 Å². The fourth-order valence-corrected chi connectivity index (χ4v) is 3.56. The van der Waals surface area contributed by atoms with Gasteiger partial charge in [-0.15, -0.1) is 5.10 Å². The van der Waals surface area contributed by atoms with Crippen LogP contribution in [0.3, 0.4) is 0 Å². The Morgan fingerprint density at radius 1 is 1.04 bits per heavy atom. The SMILES string of the molecule is c1cnc(N2CCc3c(nnn3CC3CC3)C2COCC2CC2)nc1. The molecule has 0 amide bonds. The number of nitrogens with zero attached hydrogens (tertiary/aromatic N) is 6. The molecule has 132 valence electrons. The van der Waals surface area contributed by atoms with Crippen molar-refractivity contribution in [3.05, 3.63) is 29.8 Å². The number of hydrogen-bond donors (Lipinski definition) is 0. The van der Waals surface area contributed by atoms with Gasteiger partial charge in [0.2, 0.25) is 5.95 Å². The highest BCUT2D eigenvalue weighted by Gasteiger charge is 2.35. The van der Waals surface area contributed by atoms with Crippen LogP contribution in [0.4, 0.5) is 5.95 Å². The largest absolute Gasteiger partial charge is 0.379 e. The Bertz CT molecular complexity index is 724. The van der Waals surface area contributed by atoms with Crippen LogP contribution in [0, 0.1) is 11.8 Å². The Morgan fingerprint density at radius 2 is 1.84 bits per heavy atom. The third-order valence-corrected chi connectivity index (χ3v) is 5.41. The number of hydrogen-bond acceptors (Lipinski definition) is 6. The maximum Gasteiger partial charge on any atom is 0.225 e. The van der Waals surface area contributed by atoms with Gasteiger partial charge in [0.1, 0.15) is 11.7 Å². The van der Waals surface area contributed by atoms with Gasteiger partial charge in [-0.05, 0) is 43.6 Å². The second-order valence-electron chi connectivity index (χ2n) is 7.54. The summed E-state index contributed by atoms with van der Waals surface area (Å²) in [5, 5.41) is 9.00. The molecule has 25 heavy (non-hydrogen) atoms. The molecule has 0 spiro atoms. The minimum absolute atomic E-state index is 0.0536. The number of aromatic nitrogens is 5. The normalized spacial score (nSPS) is 22.9. The number of anilines is 1. The van der Waals surface area contributed by atoms with E-state index in [9.17, 15) is 0 Å². The summed E-state index contributed by atoms with van der Waals surface area (Å²) in [6.07, 6.45) is 9.79. The van der Waals surface area contributed by atoms with E-state index in [-0.39, 0.29) is 6.04 Å². The molecular weight excluding hydrogens is 316 g/mol. The van der Waals surface area contributed by atoms with Crippen LogP contribution in [-0.2, 0) is 17.7 Å². The Morgan fingerprint density at radius 3 is 2.60 bits per heavy atom. The van der Waals surface area contributed by atoms with Gasteiger partial charge >= 0.3 is 0 Å². The van der Waals surface area contributed by atoms with Crippen molar-refractivity contribution in [2.45, 2.75) is 44.7 Å². The van der Waals surface area contributed by atoms with Crippen molar-refractivity contribution >= 4 is 5.95 Å². The number of rotatable bonds is 7. The monoisotopic (exact) mass is 340 g/mol. The summed E-state index contributed by atoms with van der Waals surface area (Å²) in [4.78, 5) is 11.1. The van der Waals surface area contributed by atoms with Crippen molar-refractivity contribution in [2.24, 2.45) is 11.8 Å². The topological polar surface area (TPSA) is 69.0 Å². The van der Waals surface area contributed by atoms with Gasteiger partial charge in [0.15, 0.2) is 0 Å². The maximum atomic E-state index is 6.03. The molecule has 0 aromatic carbocycles. The van der Waals surface area contributed by atoms with Crippen LogP contribution in [0.5, 0.6) is 0 Å². The lowest BCUT2D eigenvalue weighted by atomic mass is 10.0. The first-order valence-corrected chi connectivity index (χ1v) is 9.42. The number of fused-ring (bicyclic) bond motifs is 1. The summed E-state index contributed by atoms with van der Waals surface area (Å²) in [6.45, 7) is 3.38. The average Bonchev–Trinajstić information content (AvgIpc) is 3.56. The lowest BCUT2D eigenvalue weighted by molar-refractivity contribution is 0.107. The second-order valence-corrected chi connectivity index (χ2v) is 7.54. The van der Waals surface area contributed by atoms with Gasteiger partial charge in [-0.25, -0.2) is 14.6 Å². The Hall–Kier alpha value is -2.02. The second kappa shape index (κ2) is 6.37. The molecule has 0 bridgehead atoms. The first-order valence-electron chi connectivity index (χ1n) is 9.42. The standard InChI is InChI=1S/C18H24N6O/c1-7-19-18(20-8-1)23-9-6-15-17(16(23)12-25-11-14-4-5-14)21-22-24(15)10-13-2-3-13/h1,7-8,13-14,16H,2-6,9-12H2. The Labute approximate surface area is 147 Å². The zero-order valence-electron chi connectivity index (χ0n) is 14.4. The van der Waals surface area contributed by atoms with E-state index in [0.717, 1.165) is 49.6 Å². The molecule has 7 heteroatoms. The third kappa shape index (κ3) is 3.25.